The van der Waals surface area contributed by atoms with Crippen molar-refractivity contribution < 1.29 is 0 Å². The highest BCUT2D eigenvalue weighted by Gasteiger charge is 1.76. The zero-order valence-electron chi connectivity index (χ0n) is 6.44. The smallest absolute Gasteiger partial charge is 0.224 e. The third-order valence-corrected chi connectivity index (χ3v) is 0.926. The molecule has 0 aromatic carbocycles. The lowest BCUT2D eigenvalue weighted by Crippen LogP contribution is -1.77. The summed E-state index contributed by atoms with van der Waals surface area (Å²) < 4.78 is 0. The van der Waals surface area contributed by atoms with Crippen molar-refractivity contribution in [2.75, 3.05) is 25.0 Å². The summed E-state index contributed by atoms with van der Waals surface area (Å²) >= 11 is 3.10. The van der Waals surface area contributed by atoms with Crippen LogP contribution in [0, 0.1) is 13.1 Å². The molecule has 5 nitrogen and oxygen atoms in total. The average molecular weight is 230 g/mol. The first kappa shape index (κ1) is 13.4. The van der Waals surface area contributed by atoms with Crippen molar-refractivity contribution in [1.29, 1.82) is 0 Å². The van der Waals surface area contributed by atoms with Gasteiger partial charge in [-0.25, -0.2) is 13.1 Å². The number of nitrogens with zero attached hydrogens (tertiary/aromatic N) is 5. The number of azide groups is 1. The van der Waals surface area contributed by atoms with E-state index in [1.807, 2.05) is 0 Å². The molecule has 0 atom stereocenters. The van der Waals surface area contributed by atoms with E-state index >= 15 is 0 Å². The standard InChI is InChI=1S/C3H4BrN.C3H4N4/c1-5-3-2-4;1-5-2-3-6-7-4/h2-3H2;2-3H2. The molecular weight excluding hydrogens is 222 g/mol. The lowest BCUT2D eigenvalue weighted by atomic mass is 10.7. The summed E-state index contributed by atoms with van der Waals surface area (Å²) in [5.74, 6) is 0. The molecular formula is C6H8BrN5. The molecule has 0 amide bonds. The van der Waals surface area contributed by atoms with Gasteiger partial charge in [-0.2, -0.15) is 0 Å². The highest BCUT2D eigenvalue weighted by molar-refractivity contribution is 9.09. The molecule has 0 saturated heterocycles. The van der Waals surface area contributed by atoms with Crippen LogP contribution in [0.1, 0.15) is 0 Å². The van der Waals surface area contributed by atoms with Gasteiger partial charge in [-0.15, -0.1) is 0 Å². The van der Waals surface area contributed by atoms with Gasteiger partial charge >= 0.3 is 0 Å². The summed E-state index contributed by atoms with van der Waals surface area (Å²) in [6.45, 7) is 13.6. The quantitative estimate of drug-likeness (QED) is 0.178. The molecule has 0 spiro atoms. The lowest BCUT2D eigenvalue weighted by molar-refractivity contribution is 1.06. The zero-order valence-corrected chi connectivity index (χ0v) is 8.03. The Hall–Kier alpha value is -1.23. The SMILES string of the molecule is [C-]#[N+]CCBr.[C-]#[N+]CCN=[N+]=[N-]. The van der Waals surface area contributed by atoms with E-state index in [2.05, 4.69) is 35.6 Å². The van der Waals surface area contributed by atoms with E-state index in [9.17, 15) is 0 Å². The topological polar surface area (TPSA) is 57.5 Å². The second kappa shape index (κ2) is 16.4. The molecule has 0 fully saturated rings. The molecule has 6 heteroatoms. The maximum atomic E-state index is 7.65. The molecule has 0 radical (unpaired) electrons. The van der Waals surface area contributed by atoms with Gasteiger partial charge in [0.05, 0.1) is 11.9 Å². The van der Waals surface area contributed by atoms with Crippen molar-refractivity contribution in [3.05, 3.63) is 33.3 Å². The molecule has 0 bridgehead atoms. The molecule has 0 N–H and O–H groups in total. The van der Waals surface area contributed by atoms with Crippen LogP contribution in [-0.4, -0.2) is 25.0 Å². The van der Waals surface area contributed by atoms with Crippen LogP contribution in [0.2, 0.25) is 0 Å². The summed E-state index contributed by atoms with van der Waals surface area (Å²) in [7, 11) is 0. The molecule has 0 heterocycles. The van der Waals surface area contributed by atoms with Gasteiger partial charge in [0.15, 0.2) is 0 Å². The fourth-order valence-electron chi connectivity index (χ4n) is 0.182. The van der Waals surface area contributed by atoms with Crippen LogP contribution >= 0.6 is 15.9 Å². The highest BCUT2D eigenvalue weighted by Crippen LogP contribution is 1.76. The molecule has 0 aromatic heterocycles. The molecule has 0 aliphatic rings. The third-order valence-electron chi connectivity index (χ3n) is 0.571. The van der Waals surface area contributed by atoms with Gasteiger partial charge in [0, 0.05) is 4.91 Å². The first-order valence-electron chi connectivity index (χ1n) is 3.06. The summed E-state index contributed by atoms with van der Waals surface area (Å²) in [5.41, 5.74) is 7.65. The second-order valence-electron chi connectivity index (χ2n) is 1.41. The third kappa shape index (κ3) is 23.3. The van der Waals surface area contributed by atoms with Crippen LogP contribution in [0.5, 0.6) is 0 Å². The molecule has 0 rings (SSSR count). The number of rotatable bonds is 3. The minimum atomic E-state index is 0.292. The van der Waals surface area contributed by atoms with E-state index in [1.165, 1.54) is 0 Å². The average Bonchev–Trinajstić information content (AvgIpc) is 2.08. The minimum absolute atomic E-state index is 0.292. The monoisotopic (exact) mass is 229 g/mol. The molecule has 0 aliphatic heterocycles. The molecule has 12 heavy (non-hydrogen) atoms. The van der Waals surface area contributed by atoms with E-state index in [1.54, 1.807) is 0 Å². The van der Waals surface area contributed by atoms with Gasteiger partial charge < -0.3 is 9.69 Å². The molecule has 0 aliphatic carbocycles. The summed E-state index contributed by atoms with van der Waals surface area (Å²) in [4.78, 5) is 8.47. The zero-order chi connectivity index (χ0) is 9.66. The fourth-order valence-corrected chi connectivity index (χ4v) is 0.359. The Balaban J connectivity index is 0. The molecule has 64 valence electrons. The second-order valence-corrected chi connectivity index (χ2v) is 2.20. The summed E-state index contributed by atoms with van der Waals surface area (Å²) in [6, 6.07) is 0. The predicted octanol–water partition coefficient (Wildman–Crippen LogP) is 2.52. The van der Waals surface area contributed by atoms with Gasteiger partial charge in [0.25, 0.3) is 0 Å². The Morgan fingerprint density at radius 2 is 1.83 bits per heavy atom. The van der Waals surface area contributed by atoms with Gasteiger partial charge in [0.1, 0.15) is 0 Å². The first-order valence-corrected chi connectivity index (χ1v) is 4.18. The summed E-state index contributed by atoms with van der Waals surface area (Å²) in [6.07, 6.45) is 0. The number of hydrogen-bond donors (Lipinski definition) is 0. The largest absolute Gasteiger partial charge is 0.317 e. The Morgan fingerprint density at radius 3 is 2.08 bits per heavy atom. The van der Waals surface area contributed by atoms with E-state index in [0.717, 1.165) is 5.33 Å². The van der Waals surface area contributed by atoms with Crippen LogP contribution < -0.4 is 0 Å². The number of alkyl halides is 1. The van der Waals surface area contributed by atoms with Crippen molar-refractivity contribution in [1.82, 2.24) is 0 Å². The molecule has 0 saturated carbocycles. The molecule has 0 unspecified atom stereocenters. The van der Waals surface area contributed by atoms with Crippen LogP contribution in [0.3, 0.4) is 0 Å². The predicted molar refractivity (Wildman–Crippen MR) is 50.7 cm³/mol. The lowest BCUT2D eigenvalue weighted by Gasteiger charge is -1.68. The van der Waals surface area contributed by atoms with Crippen molar-refractivity contribution in [2.24, 2.45) is 5.11 Å². The van der Waals surface area contributed by atoms with Crippen molar-refractivity contribution >= 4 is 15.9 Å². The number of halogens is 1. The van der Waals surface area contributed by atoms with Gasteiger partial charge in [0.2, 0.25) is 13.1 Å². The Kier molecular flexibility index (Phi) is 18.3. The van der Waals surface area contributed by atoms with Crippen molar-refractivity contribution in [3.63, 3.8) is 0 Å². The van der Waals surface area contributed by atoms with E-state index < -0.39 is 0 Å². The van der Waals surface area contributed by atoms with Gasteiger partial charge in [-0.3, -0.25) is 0 Å². The Bertz CT molecular complexity index is 207. The van der Waals surface area contributed by atoms with Crippen LogP contribution in [0.25, 0.3) is 20.1 Å². The number of hydrogen-bond acceptors (Lipinski definition) is 1. The maximum Gasteiger partial charge on any atom is 0.224 e. The van der Waals surface area contributed by atoms with E-state index in [-0.39, 0.29) is 0 Å². The van der Waals surface area contributed by atoms with Crippen LogP contribution in [0.4, 0.5) is 0 Å². The van der Waals surface area contributed by atoms with E-state index in [4.69, 9.17) is 18.7 Å². The van der Waals surface area contributed by atoms with Crippen LogP contribution in [0.15, 0.2) is 5.11 Å². The van der Waals surface area contributed by atoms with E-state index in [0.29, 0.717) is 19.6 Å². The van der Waals surface area contributed by atoms with Gasteiger partial charge in [-0.05, 0) is 5.53 Å². The maximum absolute atomic E-state index is 7.65. The Morgan fingerprint density at radius 1 is 1.25 bits per heavy atom. The minimum Gasteiger partial charge on any atom is -0.317 e. The summed E-state index contributed by atoms with van der Waals surface area (Å²) in [5, 5.41) is 3.93. The van der Waals surface area contributed by atoms with Crippen molar-refractivity contribution in [3.8, 4) is 0 Å². The Labute approximate surface area is 79.8 Å². The van der Waals surface area contributed by atoms with Crippen LogP contribution in [-0.2, 0) is 0 Å². The van der Waals surface area contributed by atoms with Crippen molar-refractivity contribution in [2.45, 2.75) is 0 Å². The fraction of sp³-hybridized carbons (Fsp3) is 0.667. The first-order chi connectivity index (χ1) is 5.83. The van der Waals surface area contributed by atoms with Gasteiger partial charge in [-0.1, -0.05) is 21.0 Å². The molecule has 0 aromatic rings. The normalized spacial score (nSPS) is 6.25. The highest BCUT2D eigenvalue weighted by atomic mass is 79.9.